The maximum atomic E-state index is 16.0. The van der Waals surface area contributed by atoms with Crippen molar-refractivity contribution in [3.05, 3.63) is 25.3 Å². The Morgan fingerprint density at radius 1 is 0.814 bits per heavy atom. The number of fused-ring (bicyclic) bond motifs is 4. The molecule has 0 radical (unpaired) electrons. The standard InChI is InChI=1S/C20H25FN12O6P2S2/c21-12-15-10(37-20(12)33-7-29-14-17(23)25-5-27-19(14)33)3-31-40(34,42)38-8-1-11(36-9(8)2-30-41(35,43)39-15)32-6-28-13-16(22)24-4-26-18(13)32/h4-12,15,20H,1-3H2,(H2,22,24,26)(H2,23,25,27)(H2,30,35,43)(H2,31,34,42)/t8-,9+,10+,11+,12+,15+,20+,40?,41?/m0/s1. The van der Waals surface area contributed by atoms with Gasteiger partial charge in [-0.1, -0.05) is 24.5 Å². The monoisotopic (exact) mass is 674 g/mol. The molecule has 0 spiro atoms. The third-order valence-electron chi connectivity index (χ3n) is 7.33. The number of rotatable bonds is 2. The zero-order valence-electron chi connectivity index (χ0n) is 21.8. The summed E-state index contributed by atoms with van der Waals surface area (Å²) in [6.45, 7) is -8.17. The summed E-state index contributed by atoms with van der Waals surface area (Å²) in [5.74, 6) is 0.301. The first-order valence-electron chi connectivity index (χ1n) is 12.8. The number of nitrogens with zero attached hydrogens (tertiary/aromatic N) is 8. The molecule has 0 aromatic carbocycles. The molecule has 18 nitrogen and oxygen atoms in total. The molecule has 0 amide bonds. The second-order valence-corrected chi connectivity index (χ2v) is 16.3. The Morgan fingerprint density at radius 2 is 1.40 bits per heavy atom. The molecule has 230 valence electrons. The number of nitrogens with one attached hydrogen (secondary N) is 2. The van der Waals surface area contributed by atoms with Crippen LogP contribution in [0.5, 0.6) is 0 Å². The first-order valence-corrected chi connectivity index (χ1v) is 18.4. The smallest absolute Gasteiger partial charge is 0.324 e. The van der Waals surface area contributed by atoms with Crippen LogP contribution in [0.1, 0.15) is 18.9 Å². The molecule has 3 aliphatic heterocycles. The molecule has 0 bridgehead atoms. The molecule has 0 aliphatic carbocycles. The molecular formula is C20H25FN12O6P2S2. The van der Waals surface area contributed by atoms with E-state index in [4.69, 9.17) is 30.0 Å². The van der Waals surface area contributed by atoms with E-state index in [2.05, 4.69) is 64.6 Å². The first-order chi connectivity index (χ1) is 20.5. The lowest BCUT2D eigenvalue weighted by molar-refractivity contribution is -0.0200. The summed E-state index contributed by atoms with van der Waals surface area (Å²) in [6, 6.07) is 0. The van der Waals surface area contributed by atoms with E-state index < -0.39 is 56.5 Å². The van der Waals surface area contributed by atoms with Crippen molar-refractivity contribution in [1.82, 2.24) is 49.2 Å². The number of ether oxygens (including phenoxy) is 2. The Hall–Kier alpha value is -2.45. The summed E-state index contributed by atoms with van der Waals surface area (Å²) in [6.07, 6.45) is -2.49. The van der Waals surface area contributed by atoms with Crippen LogP contribution in [0, 0.1) is 0 Å². The number of nitrogens with two attached hydrogens (primary N) is 2. The molecule has 9 atom stereocenters. The second-order valence-electron chi connectivity index (χ2n) is 10.0. The molecule has 43 heavy (non-hydrogen) atoms. The van der Waals surface area contributed by atoms with Crippen molar-refractivity contribution in [1.29, 1.82) is 0 Å². The van der Waals surface area contributed by atoms with Gasteiger partial charge in [0.1, 0.15) is 42.1 Å². The number of imidazole rings is 2. The van der Waals surface area contributed by atoms with E-state index in [0.29, 0.717) is 11.2 Å². The highest BCUT2D eigenvalue weighted by Crippen LogP contribution is 2.55. The van der Waals surface area contributed by atoms with Crippen LogP contribution in [0.25, 0.3) is 22.3 Å². The highest BCUT2D eigenvalue weighted by molar-refractivity contribution is 8.45. The van der Waals surface area contributed by atoms with Crippen molar-refractivity contribution < 1.29 is 32.0 Å². The molecule has 0 saturated carbocycles. The average Bonchev–Trinajstić information content (AvgIpc) is 3.72. The number of thiol groups is 2. The molecule has 23 heteroatoms. The van der Waals surface area contributed by atoms with Gasteiger partial charge in [-0.3, -0.25) is 18.3 Å². The fourth-order valence-corrected chi connectivity index (χ4v) is 8.67. The van der Waals surface area contributed by atoms with E-state index >= 15 is 4.39 Å². The number of halogens is 1. The van der Waals surface area contributed by atoms with Gasteiger partial charge < -0.3 is 30.0 Å². The molecule has 7 heterocycles. The second kappa shape index (κ2) is 10.9. The van der Waals surface area contributed by atoms with E-state index in [1.165, 1.54) is 29.9 Å². The van der Waals surface area contributed by atoms with Crippen molar-refractivity contribution in [2.75, 3.05) is 24.6 Å². The third kappa shape index (κ3) is 5.41. The third-order valence-corrected chi connectivity index (χ3v) is 11.0. The van der Waals surface area contributed by atoms with E-state index in [1.807, 2.05) is 0 Å². The molecule has 7 rings (SSSR count). The zero-order chi connectivity index (χ0) is 30.1. The molecular weight excluding hydrogens is 649 g/mol. The molecule has 3 saturated heterocycles. The van der Waals surface area contributed by atoms with Gasteiger partial charge in [-0.15, -0.1) is 0 Å². The topological polar surface area (TPSA) is 234 Å². The Labute approximate surface area is 252 Å². The van der Waals surface area contributed by atoms with Gasteiger partial charge in [0.05, 0.1) is 24.9 Å². The minimum Gasteiger partial charge on any atom is -0.382 e. The van der Waals surface area contributed by atoms with Crippen molar-refractivity contribution in [2.45, 2.75) is 49.5 Å². The van der Waals surface area contributed by atoms with Crippen LogP contribution in [0.3, 0.4) is 0 Å². The quantitative estimate of drug-likeness (QED) is 0.130. The lowest BCUT2D eigenvalue weighted by atomic mass is 10.1. The summed E-state index contributed by atoms with van der Waals surface area (Å²) in [7, 11) is 0. The lowest BCUT2D eigenvalue weighted by Crippen LogP contribution is -2.40. The Kier molecular flexibility index (Phi) is 7.40. The van der Waals surface area contributed by atoms with Crippen molar-refractivity contribution in [3.63, 3.8) is 0 Å². The van der Waals surface area contributed by atoms with Gasteiger partial charge in [-0.25, -0.2) is 44.5 Å². The van der Waals surface area contributed by atoms with Gasteiger partial charge in [-0.05, 0) is 0 Å². The molecule has 4 aromatic rings. The van der Waals surface area contributed by atoms with Crippen molar-refractivity contribution in [2.24, 2.45) is 0 Å². The number of hydrogen-bond donors (Lipinski definition) is 6. The molecule has 4 aromatic heterocycles. The summed E-state index contributed by atoms with van der Waals surface area (Å²) >= 11 is 8.45. The van der Waals surface area contributed by atoms with Gasteiger partial charge in [0.15, 0.2) is 35.3 Å². The maximum Gasteiger partial charge on any atom is 0.324 e. The summed E-state index contributed by atoms with van der Waals surface area (Å²) in [5, 5.41) is 5.43. The summed E-state index contributed by atoms with van der Waals surface area (Å²) in [4.78, 5) is 24.6. The molecule has 3 fully saturated rings. The zero-order valence-corrected chi connectivity index (χ0v) is 25.4. The maximum absolute atomic E-state index is 16.0. The average molecular weight is 675 g/mol. The van der Waals surface area contributed by atoms with Gasteiger partial charge in [-0.2, -0.15) is 0 Å². The lowest BCUT2D eigenvalue weighted by Gasteiger charge is -2.29. The minimum atomic E-state index is -3.97. The van der Waals surface area contributed by atoms with Crippen molar-refractivity contribution in [3.8, 4) is 0 Å². The molecule has 3 aliphatic rings. The fourth-order valence-electron chi connectivity index (χ4n) is 5.34. The molecule has 2 unspecified atom stereocenters. The first kappa shape index (κ1) is 29.3. The number of nitrogen functional groups attached to an aromatic ring is 2. The fraction of sp³-hybridized carbons (Fsp3) is 0.500. The normalized spacial score (nSPS) is 37.1. The number of aromatic nitrogens is 8. The summed E-state index contributed by atoms with van der Waals surface area (Å²) in [5.41, 5.74) is 13.1. The SMILES string of the molecule is Nc1ncnc2c1ncn2[C@@H]1O[C@@H]2CNP(=O)(S)O[C@H]3C[C@H](n4cnc5c(N)ncnc54)O[C@@H]3CNP(=O)(S)O[C@H]2[C@H]1F. The Balaban J connectivity index is 1.15. The van der Waals surface area contributed by atoms with E-state index in [1.54, 1.807) is 4.57 Å². The Bertz CT molecular complexity index is 1800. The van der Waals surface area contributed by atoms with Gasteiger partial charge in [0.2, 0.25) is 0 Å². The van der Waals surface area contributed by atoms with E-state index in [9.17, 15) is 9.13 Å². The molecule has 6 N–H and O–H groups in total. The van der Waals surface area contributed by atoms with Crippen LogP contribution < -0.4 is 21.6 Å². The van der Waals surface area contributed by atoms with Crippen LogP contribution in [0.2, 0.25) is 0 Å². The number of hydrogen-bond acceptors (Lipinski definition) is 14. The predicted molar refractivity (Wildman–Crippen MR) is 156 cm³/mol. The summed E-state index contributed by atoms with van der Waals surface area (Å²) < 4.78 is 69.7. The van der Waals surface area contributed by atoms with E-state index in [-0.39, 0.29) is 42.3 Å². The van der Waals surface area contributed by atoms with Crippen molar-refractivity contribution >= 4 is 71.9 Å². The number of alkyl halides is 1. The van der Waals surface area contributed by atoms with Crippen LogP contribution >= 0.6 is 37.9 Å². The van der Waals surface area contributed by atoms with Gasteiger partial charge in [0, 0.05) is 19.5 Å². The highest BCUT2D eigenvalue weighted by Gasteiger charge is 2.51. The van der Waals surface area contributed by atoms with Crippen LogP contribution in [0.15, 0.2) is 25.3 Å². The largest absolute Gasteiger partial charge is 0.382 e. The van der Waals surface area contributed by atoms with Gasteiger partial charge in [0.25, 0.3) is 0 Å². The Morgan fingerprint density at radius 3 is 2.07 bits per heavy atom. The number of anilines is 2. The van der Waals surface area contributed by atoms with Crippen LogP contribution in [-0.2, 0) is 27.7 Å². The van der Waals surface area contributed by atoms with Gasteiger partial charge >= 0.3 is 13.4 Å². The van der Waals surface area contributed by atoms with Crippen LogP contribution in [0.4, 0.5) is 16.0 Å². The highest BCUT2D eigenvalue weighted by atomic mass is 32.7. The predicted octanol–water partition coefficient (Wildman–Crippen LogP) is 1.39. The van der Waals surface area contributed by atoms with E-state index in [0.717, 1.165) is 0 Å². The van der Waals surface area contributed by atoms with Crippen LogP contribution in [-0.4, -0.2) is 82.7 Å². The minimum absolute atomic E-state index is 0.104.